The summed E-state index contributed by atoms with van der Waals surface area (Å²) in [7, 11) is 0. The number of esters is 1. The first-order valence-corrected chi connectivity index (χ1v) is 11.0. The first-order chi connectivity index (χ1) is 15.1. The summed E-state index contributed by atoms with van der Waals surface area (Å²) >= 11 is 6.11. The van der Waals surface area contributed by atoms with Crippen molar-refractivity contribution in [2.75, 3.05) is 4.90 Å². The van der Waals surface area contributed by atoms with Crippen LogP contribution in [0.5, 0.6) is 0 Å². The van der Waals surface area contributed by atoms with Gasteiger partial charge in [-0.3, -0.25) is 9.59 Å². The number of halogens is 1. The smallest absolute Gasteiger partial charge is 0.313 e. The number of benzene rings is 3. The van der Waals surface area contributed by atoms with Gasteiger partial charge in [0, 0.05) is 16.1 Å². The largest absolute Gasteiger partial charge is 0.460 e. The molecule has 4 nitrogen and oxygen atoms in total. The molecule has 1 atom stereocenters. The van der Waals surface area contributed by atoms with E-state index in [1.165, 1.54) is 0 Å². The molecule has 3 aromatic carbocycles. The maximum Gasteiger partial charge on any atom is 0.313 e. The predicted octanol–water partition coefficient (Wildman–Crippen LogP) is 6.61. The Labute approximate surface area is 193 Å². The number of hydrogen-bond donors (Lipinski definition) is 0. The molecule has 0 spiro atoms. The summed E-state index contributed by atoms with van der Waals surface area (Å²) in [6.07, 6.45) is 0. The van der Waals surface area contributed by atoms with E-state index in [9.17, 15) is 9.59 Å². The topological polar surface area (TPSA) is 46.6 Å². The Morgan fingerprint density at radius 1 is 1.00 bits per heavy atom. The second-order valence-corrected chi connectivity index (χ2v) is 9.52. The molecular formula is C27H26ClNO3. The van der Waals surface area contributed by atoms with E-state index in [1.54, 1.807) is 4.90 Å². The van der Waals surface area contributed by atoms with Gasteiger partial charge in [0.25, 0.3) is 5.91 Å². The standard InChI is InChI=1S/C27H26ClNO3/c1-17(26(31)32-27(2,3)4)19-11-14-24(23(15-19)18-9-12-21(28)13-10-18)29-16-20-7-5-6-8-22(20)25(29)30/h5-15,17H,16H2,1-4H3. The molecule has 32 heavy (non-hydrogen) atoms. The second-order valence-electron chi connectivity index (χ2n) is 9.09. The average molecular weight is 448 g/mol. The lowest BCUT2D eigenvalue weighted by Gasteiger charge is -2.24. The van der Waals surface area contributed by atoms with E-state index in [-0.39, 0.29) is 11.9 Å². The average Bonchev–Trinajstić information content (AvgIpc) is 3.09. The summed E-state index contributed by atoms with van der Waals surface area (Å²) in [6.45, 7) is 7.92. The van der Waals surface area contributed by atoms with Gasteiger partial charge in [-0.15, -0.1) is 0 Å². The zero-order valence-electron chi connectivity index (χ0n) is 18.7. The first-order valence-electron chi connectivity index (χ1n) is 10.7. The summed E-state index contributed by atoms with van der Waals surface area (Å²) in [5.41, 5.74) is 4.59. The van der Waals surface area contributed by atoms with Crippen molar-refractivity contribution in [3.05, 3.63) is 88.4 Å². The molecule has 164 valence electrons. The minimum atomic E-state index is -0.558. The fourth-order valence-electron chi connectivity index (χ4n) is 3.89. The molecule has 1 unspecified atom stereocenters. The number of carbonyl (C=O) groups is 2. The molecule has 0 N–H and O–H groups in total. The van der Waals surface area contributed by atoms with Crippen LogP contribution in [0.1, 0.15) is 55.1 Å². The monoisotopic (exact) mass is 447 g/mol. The third kappa shape index (κ3) is 4.42. The van der Waals surface area contributed by atoms with Crippen molar-refractivity contribution in [1.29, 1.82) is 0 Å². The van der Waals surface area contributed by atoms with Crippen LogP contribution in [0.25, 0.3) is 11.1 Å². The molecule has 0 aliphatic carbocycles. The van der Waals surface area contributed by atoms with E-state index in [4.69, 9.17) is 16.3 Å². The minimum Gasteiger partial charge on any atom is -0.460 e. The van der Waals surface area contributed by atoms with Crippen LogP contribution in [0, 0.1) is 0 Å². The van der Waals surface area contributed by atoms with Gasteiger partial charge in [-0.05, 0) is 74.7 Å². The number of fused-ring (bicyclic) bond motifs is 1. The Morgan fingerprint density at radius 3 is 2.34 bits per heavy atom. The zero-order chi connectivity index (χ0) is 23.0. The third-order valence-corrected chi connectivity index (χ3v) is 5.80. The molecule has 0 saturated heterocycles. The van der Waals surface area contributed by atoms with E-state index in [1.807, 2.05) is 94.4 Å². The summed E-state index contributed by atoms with van der Waals surface area (Å²) in [5, 5.41) is 0.637. The number of carbonyl (C=O) groups excluding carboxylic acids is 2. The molecule has 0 aromatic heterocycles. The van der Waals surface area contributed by atoms with Gasteiger partial charge in [0.15, 0.2) is 0 Å². The highest BCUT2D eigenvalue weighted by atomic mass is 35.5. The summed E-state index contributed by atoms with van der Waals surface area (Å²) in [6, 6.07) is 21.0. The van der Waals surface area contributed by atoms with Crippen molar-refractivity contribution >= 4 is 29.2 Å². The third-order valence-electron chi connectivity index (χ3n) is 5.55. The van der Waals surface area contributed by atoms with Crippen LogP contribution in [0.2, 0.25) is 5.02 Å². The maximum atomic E-state index is 13.1. The van der Waals surface area contributed by atoms with Crippen LogP contribution >= 0.6 is 11.6 Å². The number of rotatable bonds is 4. The molecule has 0 bridgehead atoms. The quantitative estimate of drug-likeness (QED) is 0.422. The Kier molecular flexibility index (Phi) is 5.83. The molecule has 0 saturated carbocycles. The fourth-order valence-corrected chi connectivity index (χ4v) is 4.02. The van der Waals surface area contributed by atoms with Crippen LogP contribution in [0.15, 0.2) is 66.7 Å². The van der Waals surface area contributed by atoms with Gasteiger partial charge in [-0.1, -0.05) is 48.0 Å². The van der Waals surface area contributed by atoms with Crippen molar-refractivity contribution in [2.24, 2.45) is 0 Å². The zero-order valence-corrected chi connectivity index (χ0v) is 19.4. The van der Waals surface area contributed by atoms with Gasteiger partial charge in [-0.2, -0.15) is 0 Å². The molecule has 1 heterocycles. The number of nitrogens with zero attached hydrogens (tertiary/aromatic N) is 1. The van der Waals surface area contributed by atoms with E-state index in [2.05, 4.69) is 0 Å². The Balaban J connectivity index is 1.77. The predicted molar refractivity (Wildman–Crippen MR) is 128 cm³/mol. The van der Waals surface area contributed by atoms with Crippen molar-refractivity contribution in [3.8, 4) is 11.1 Å². The molecule has 1 aliphatic rings. The summed E-state index contributed by atoms with van der Waals surface area (Å²) < 4.78 is 5.58. The lowest BCUT2D eigenvalue weighted by Crippen LogP contribution is -2.27. The van der Waals surface area contributed by atoms with Crippen molar-refractivity contribution in [1.82, 2.24) is 0 Å². The molecule has 5 heteroatoms. The van der Waals surface area contributed by atoms with Crippen LogP contribution < -0.4 is 4.90 Å². The lowest BCUT2D eigenvalue weighted by atomic mass is 9.94. The van der Waals surface area contributed by atoms with Crippen LogP contribution in [-0.4, -0.2) is 17.5 Å². The van der Waals surface area contributed by atoms with E-state index in [0.29, 0.717) is 11.6 Å². The highest BCUT2D eigenvalue weighted by molar-refractivity contribution is 6.30. The molecule has 3 aromatic rings. The maximum absolute atomic E-state index is 13.1. The van der Waals surface area contributed by atoms with E-state index in [0.717, 1.165) is 33.5 Å². The number of amides is 1. The van der Waals surface area contributed by atoms with Crippen molar-refractivity contribution < 1.29 is 14.3 Å². The second kappa shape index (κ2) is 8.44. The Morgan fingerprint density at radius 2 is 1.69 bits per heavy atom. The van der Waals surface area contributed by atoms with Gasteiger partial charge < -0.3 is 9.64 Å². The molecule has 0 radical (unpaired) electrons. The van der Waals surface area contributed by atoms with Crippen molar-refractivity contribution in [3.63, 3.8) is 0 Å². The van der Waals surface area contributed by atoms with E-state index < -0.39 is 11.5 Å². The number of hydrogen-bond acceptors (Lipinski definition) is 3. The minimum absolute atomic E-state index is 0.0243. The molecular weight excluding hydrogens is 422 g/mol. The van der Waals surface area contributed by atoms with Gasteiger partial charge in [-0.25, -0.2) is 0 Å². The van der Waals surface area contributed by atoms with Gasteiger partial charge >= 0.3 is 5.97 Å². The van der Waals surface area contributed by atoms with Crippen LogP contribution in [-0.2, 0) is 16.1 Å². The highest BCUT2D eigenvalue weighted by Gasteiger charge is 2.30. The van der Waals surface area contributed by atoms with Gasteiger partial charge in [0.2, 0.25) is 0 Å². The molecule has 1 aliphatic heterocycles. The fraction of sp³-hybridized carbons (Fsp3) is 0.259. The normalized spacial score (nSPS) is 14.3. The lowest BCUT2D eigenvalue weighted by molar-refractivity contribution is -0.156. The van der Waals surface area contributed by atoms with Gasteiger partial charge in [0.1, 0.15) is 5.60 Å². The van der Waals surface area contributed by atoms with Crippen LogP contribution in [0.3, 0.4) is 0 Å². The SMILES string of the molecule is CC(C(=O)OC(C)(C)C)c1ccc(N2Cc3ccccc3C2=O)c(-c2ccc(Cl)cc2)c1. The summed E-state index contributed by atoms with van der Waals surface area (Å²) in [4.78, 5) is 27.6. The molecule has 0 fully saturated rings. The van der Waals surface area contributed by atoms with Gasteiger partial charge in [0.05, 0.1) is 18.2 Å². The summed E-state index contributed by atoms with van der Waals surface area (Å²) in [5.74, 6) is -0.749. The van der Waals surface area contributed by atoms with E-state index >= 15 is 0 Å². The molecule has 4 rings (SSSR count). The van der Waals surface area contributed by atoms with Crippen LogP contribution in [0.4, 0.5) is 5.69 Å². The molecule has 1 amide bonds. The van der Waals surface area contributed by atoms with Crippen molar-refractivity contribution in [2.45, 2.75) is 45.8 Å². The highest BCUT2D eigenvalue weighted by Crippen LogP contribution is 2.38. The first kappa shape index (κ1) is 22.1. The Hall–Kier alpha value is -3.11. The number of ether oxygens (including phenoxy) is 1. The Bertz CT molecular complexity index is 1180. The number of anilines is 1.